The topological polar surface area (TPSA) is 26.3 Å². The Morgan fingerprint density at radius 2 is 1.89 bits per heavy atom. The summed E-state index contributed by atoms with van der Waals surface area (Å²) in [4.78, 5) is 11.9. The molecule has 0 spiro atoms. The molecule has 2 aliphatic carbocycles. The Morgan fingerprint density at radius 3 is 2.56 bits per heavy atom. The number of ether oxygens (including phenoxy) is 1. The fourth-order valence-corrected chi connectivity index (χ4v) is 3.29. The second kappa shape index (κ2) is 4.60. The van der Waals surface area contributed by atoms with Crippen LogP contribution in [0.1, 0.15) is 24.8 Å². The molecular formula is C16H18O2. The van der Waals surface area contributed by atoms with Gasteiger partial charge in [-0.25, -0.2) is 4.79 Å². The van der Waals surface area contributed by atoms with Gasteiger partial charge in [-0.05, 0) is 36.2 Å². The van der Waals surface area contributed by atoms with Gasteiger partial charge in [0.25, 0.3) is 0 Å². The molecule has 1 aromatic carbocycles. The molecule has 2 fully saturated rings. The lowest BCUT2D eigenvalue weighted by Gasteiger charge is -2.08. The zero-order valence-corrected chi connectivity index (χ0v) is 10.5. The predicted molar refractivity (Wildman–Crippen MR) is 69.7 cm³/mol. The summed E-state index contributed by atoms with van der Waals surface area (Å²) in [6.45, 7) is 4.28. The number of carbonyl (C=O) groups is 1. The van der Waals surface area contributed by atoms with Crippen molar-refractivity contribution in [1.29, 1.82) is 0 Å². The monoisotopic (exact) mass is 242 g/mol. The van der Waals surface area contributed by atoms with Gasteiger partial charge in [-0.15, -0.1) is 0 Å². The first-order chi connectivity index (χ1) is 8.77. The molecule has 2 unspecified atom stereocenters. The van der Waals surface area contributed by atoms with E-state index >= 15 is 0 Å². The number of hydrogen-bond acceptors (Lipinski definition) is 2. The molecule has 2 aliphatic rings. The number of esters is 1. The van der Waals surface area contributed by atoms with Crippen molar-refractivity contribution in [2.75, 3.05) is 0 Å². The largest absolute Gasteiger partial charge is 0.457 e. The average Bonchev–Trinajstić information content (AvgIpc) is 2.88. The van der Waals surface area contributed by atoms with Gasteiger partial charge in [-0.2, -0.15) is 0 Å². The smallest absolute Gasteiger partial charge is 0.334 e. The molecule has 94 valence electrons. The normalized spacial score (nSPS) is 28.6. The van der Waals surface area contributed by atoms with Crippen LogP contribution in [0.5, 0.6) is 0 Å². The molecule has 2 nitrogen and oxygen atoms in total. The second-order valence-electron chi connectivity index (χ2n) is 5.37. The molecule has 0 bridgehead atoms. The van der Waals surface area contributed by atoms with E-state index in [1.54, 1.807) is 0 Å². The summed E-state index contributed by atoms with van der Waals surface area (Å²) in [6.07, 6.45) is 3.85. The summed E-state index contributed by atoms with van der Waals surface area (Å²) in [5.74, 6) is 1.66. The minimum absolute atomic E-state index is 0.210. The Labute approximate surface area is 108 Å². The molecule has 1 aromatic rings. The van der Waals surface area contributed by atoms with Gasteiger partial charge in [-0.3, -0.25) is 0 Å². The van der Waals surface area contributed by atoms with Crippen LogP contribution in [-0.4, -0.2) is 5.97 Å². The van der Waals surface area contributed by atoms with Crippen molar-refractivity contribution < 1.29 is 9.53 Å². The van der Waals surface area contributed by atoms with E-state index in [2.05, 4.69) is 6.58 Å². The van der Waals surface area contributed by atoms with E-state index in [9.17, 15) is 4.79 Å². The van der Waals surface area contributed by atoms with Crippen LogP contribution in [0.2, 0.25) is 0 Å². The zero-order chi connectivity index (χ0) is 12.5. The Morgan fingerprint density at radius 1 is 1.22 bits per heavy atom. The van der Waals surface area contributed by atoms with Crippen LogP contribution in [0.4, 0.5) is 0 Å². The van der Waals surface area contributed by atoms with Gasteiger partial charge < -0.3 is 4.74 Å². The van der Waals surface area contributed by atoms with Crippen LogP contribution in [0.15, 0.2) is 42.5 Å². The van der Waals surface area contributed by atoms with Gasteiger partial charge in [0.2, 0.25) is 0 Å². The molecule has 18 heavy (non-hydrogen) atoms. The minimum Gasteiger partial charge on any atom is -0.457 e. The summed E-state index contributed by atoms with van der Waals surface area (Å²) in [7, 11) is 0. The van der Waals surface area contributed by atoms with Gasteiger partial charge in [-0.1, -0.05) is 43.3 Å². The molecule has 0 N–H and O–H groups in total. The van der Waals surface area contributed by atoms with E-state index in [1.807, 2.05) is 30.3 Å². The lowest BCUT2D eigenvalue weighted by molar-refractivity contribution is -0.140. The van der Waals surface area contributed by atoms with Crippen molar-refractivity contribution in [2.45, 2.75) is 25.9 Å². The molecular weight excluding hydrogens is 224 g/mol. The first kappa shape index (κ1) is 11.5. The van der Waals surface area contributed by atoms with Crippen molar-refractivity contribution in [2.24, 2.45) is 17.8 Å². The number of rotatable bonds is 4. The molecule has 0 radical (unpaired) electrons. The van der Waals surface area contributed by atoms with E-state index in [0.717, 1.165) is 17.4 Å². The van der Waals surface area contributed by atoms with Gasteiger partial charge in [0.1, 0.15) is 6.61 Å². The quantitative estimate of drug-likeness (QED) is 0.598. The Bertz CT molecular complexity index is 453. The average molecular weight is 242 g/mol. The number of benzene rings is 1. The Hall–Kier alpha value is -1.57. The van der Waals surface area contributed by atoms with Crippen LogP contribution < -0.4 is 0 Å². The fraction of sp³-hybridized carbons (Fsp3) is 0.438. The molecule has 2 atom stereocenters. The van der Waals surface area contributed by atoms with Crippen molar-refractivity contribution in [3.63, 3.8) is 0 Å². The van der Waals surface area contributed by atoms with Gasteiger partial charge in [0, 0.05) is 5.57 Å². The molecule has 0 heterocycles. The molecule has 3 rings (SSSR count). The van der Waals surface area contributed by atoms with E-state index in [4.69, 9.17) is 4.74 Å². The summed E-state index contributed by atoms with van der Waals surface area (Å²) in [6, 6.07) is 9.77. The van der Waals surface area contributed by atoms with Gasteiger partial charge in [0.05, 0.1) is 0 Å². The van der Waals surface area contributed by atoms with Crippen LogP contribution in [0.3, 0.4) is 0 Å². The van der Waals surface area contributed by atoms with Crippen LogP contribution in [0, 0.1) is 17.8 Å². The lowest BCUT2D eigenvalue weighted by atomic mass is 10.1. The van der Waals surface area contributed by atoms with Crippen LogP contribution >= 0.6 is 0 Å². The van der Waals surface area contributed by atoms with E-state index < -0.39 is 0 Å². The highest BCUT2D eigenvalue weighted by molar-refractivity contribution is 5.89. The summed E-state index contributed by atoms with van der Waals surface area (Å²) in [5.41, 5.74) is 1.72. The first-order valence-corrected chi connectivity index (χ1v) is 6.67. The van der Waals surface area contributed by atoms with Crippen molar-refractivity contribution in [3.05, 3.63) is 48.0 Å². The molecule has 0 aliphatic heterocycles. The van der Waals surface area contributed by atoms with Crippen molar-refractivity contribution >= 4 is 5.97 Å². The maximum absolute atomic E-state index is 11.9. The third kappa shape index (κ3) is 2.07. The standard InChI is InChI=1S/C16H18O2/c1-11(15-13-8-5-9-14(13)15)16(17)18-10-12-6-3-2-4-7-12/h2-4,6-7,13-15H,1,5,8-10H2. The maximum atomic E-state index is 11.9. The summed E-state index contributed by atoms with van der Waals surface area (Å²) < 4.78 is 5.32. The number of carbonyl (C=O) groups excluding carboxylic acids is 1. The van der Waals surface area contributed by atoms with E-state index in [0.29, 0.717) is 18.1 Å². The minimum atomic E-state index is -0.210. The summed E-state index contributed by atoms with van der Waals surface area (Å²) in [5, 5.41) is 0. The molecule has 0 aromatic heterocycles. The third-order valence-corrected chi connectivity index (χ3v) is 4.28. The van der Waals surface area contributed by atoms with E-state index in [-0.39, 0.29) is 5.97 Å². The Balaban J connectivity index is 1.51. The highest BCUT2D eigenvalue weighted by Crippen LogP contribution is 2.60. The number of hydrogen-bond donors (Lipinski definition) is 0. The van der Waals surface area contributed by atoms with Crippen molar-refractivity contribution in [1.82, 2.24) is 0 Å². The van der Waals surface area contributed by atoms with Gasteiger partial charge >= 0.3 is 5.97 Å². The van der Waals surface area contributed by atoms with Gasteiger partial charge in [0.15, 0.2) is 0 Å². The molecule has 2 heteroatoms. The molecule has 0 amide bonds. The Kier molecular flexibility index (Phi) is 2.94. The predicted octanol–water partition coefficient (Wildman–Crippen LogP) is 3.33. The van der Waals surface area contributed by atoms with Crippen LogP contribution in [0.25, 0.3) is 0 Å². The fourth-order valence-electron chi connectivity index (χ4n) is 3.29. The highest BCUT2D eigenvalue weighted by atomic mass is 16.5. The zero-order valence-electron chi connectivity index (χ0n) is 10.5. The SMILES string of the molecule is C=C(C(=O)OCc1ccccc1)C1C2CCCC21. The second-order valence-corrected chi connectivity index (χ2v) is 5.37. The third-order valence-electron chi connectivity index (χ3n) is 4.28. The summed E-state index contributed by atoms with van der Waals surface area (Å²) >= 11 is 0. The van der Waals surface area contributed by atoms with E-state index in [1.165, 1.54) is 19.3 Å². The van der Waals surface area contributed by atoms with Crippen LogP contribution in [-0.2, 0) is 16.1 Å². The number of fused-ring (bicyclic) bond motifs is 1. The molecule has 0 saturated heterocycles. The molecule has 2 saturated carbocycles. The lowest BCUT2D eigenvalue weighted by Crippen LogP contribution is -2.10. The highest BCUT2D eigenvalue weighted by Gasteiger charge is 2.55. The first-order valence-electron chi connectivity index (χ1n) is 6.67. The maximum Gasteiger partial charge on any atom is 0.334 e. The van der Waals surface area contributed by atoms with Crippen molar-refractivity contribution in [3.8, 4) is 0 Å².